The summed E-state index contributed by atoms with van der Waals surface area (Å²) in [4.78, 5) is 13.4. The van der Waals surface area contributed by atoms with Crippen LogP contribution in [0, 0.1) is 0 Å². The van der Waals surface area contributed by atoms with Gasteiger partial charge < -0.3 is 49.3 Å². The lowest BCUT2D eigenvalue weighted by Gasteiger charge is -2.39. The van der Waals surface area contributed by atoms with E-state index in [9.17, 15) is 35.4 Å². The minimum atomic E-state index is -1.78. The normalized spacial score (nSPS) is 25.2. The van der Waals surface area contributed by atoms with Crippen molar-refractivity contribution in [3.05, 3.63) is 46.6 Å². The minimum absolute atomic E-state index is 0.0268. The first-order valence-corrected chi connectivity index (χ1v) is 9.89. The largest absolute Gasteiger partial charge is 0.508 e. The lowest BCUT2D eigenvalue weighted by molar-refractivity contribution is -0.277. The number of aliphatic hydroxyl groups excluding tert-OH is 4. The van der Waals surface area contributed by atoms with Gasteiger partial charge >= 0.3 is 0 Å². The summed E-state index contributed by atoms with van der Waals surface area (Å²) in [6.45, 7) is -0.692. The Balaban J connectivity index is 1.89. The van der Waals surface area contributed by atoms with Gasteiger partial charge in [-0.25, -0.2) is 0 Å². The van der Waals surface area contributed by atoms with Gasteiger partial charge in [0.05, 0.1) is 13.7 Å². The maximum absolute atomic E-state index is 13.4. The van der Waals surface area contributed by atoms with E-state index in [2.05, 4.69) is 0 Å². The van der Waals surface area contributed by atoms with Gasteiger partial charge in [-0.1, -0.05) is 0 Å². The fourth-order valence-electron chi connectivity index (χ4n) is 3.57. The Kier molecular flexibility index (Phi) is 6.15. The zero-order valence-corrected chi connectivity index (χ0v) is 17.3. The standard InChI is InChI=1S/C22H22O11/c1-30-11-6-12(25)15-13(7-11)31-20(9-2-4-10(24)5-3-9)21(17(15)27)33-22-19(29)18(28)16(26)14(8-23)32-22/h2-7,14,16,18-19,22-26,28-29H,8H2,1H3. The molecule has 1 fully saturated rings. The van der Waals surface area contributed by atoms with Gasteiger partial charge in [0, 0.05) is 17.7 Å². The molecule has 1 aliphatic rings. The van der Waals surface area contributed by atoms with Gasteiger partial charge in [0.15, 0.2) is 5.76 Å². The van der Waals surface area contributed by atoms with Crippen LogP contribution in [0.1, 0.15) is 0 Å². The maximum Gasteiger partial charge on any atom is 0.239 e. The first-order valence-electron chi connectivity index (χ1n) is 9.89. The average molecular weight is 462 g/mol. The number of rotatable bonds is 5. The number of fused-ring (bicyclic) bond motifs is 1. The molecule has 0 aliphatic carbocycles. The molecule has 4 rings (SSSR count). The van der Waals surface area contributed by atoms with Gasteiger partial charge in [-0.05, 0) is 24.3 Å². The van der Waals surface area contributed by atoms with Crippen LogP contribution in [0.25, 0.3) is 22.3 Å². The molecule has 0 radical (unpaired) electrons. The number of hydrogen-bond donors (Lipinski definition) is 6. The molecule has 0 bridgehead atoms. The van der Waals surface area contributed by atoms with Crippen molar-refractivity contribution in [2.45, 2.75) is 30.7 Å². The van der Waals surface area contributed by atoms with E-state index in [1.165, 1.54) is 43.5 Å². The Bertz CT molecular complexity index is 1200. The summed E-state index contributed by atoms with van der Waals surface area (Å²) in [7, 11) is 1.37. The van der Waals surface area contributed by atoms with E-state index in [0.717, 1.165) is 0 Å². The summed E-state index contributed by atoms with van der Waals surface area (Å²) in [5.74, 6) is -0.871. The number of hydrogen-bond acceptors (Lipinski definition) is 11. The molecule has 2 aromatic carbocycles. The van der Waals surface area contributed by atoms with Crippen LogP contribution in [0.4, 0.5) is 0 Å². The number of benzene rings is 2. The number of aromatic hydroxyl groups is 2. The highest BCUT2D eigenvalue weighted by molar-refractivity contribution is 5.88. The van der Waals surface area contributed by atoms with Crippen molar-refractivity contribution in [2.75, 3.05) is 13.7 Å². The van der Waals surface area contributed by atoms with Crippen molar-refractivity contribution >= 4 is 11.0 Å². The first-order chi connectivity index (χ1) is 15.7. The summed E-state index contributed by atoms with van der Waals surface area (Å²) in [5.41, 5.74) is -0.550. The Morgan fingerprint density at radius 1 is 1.00 bits per heavy atom. The molecule has 5 atom stereocenters. The van der Waals surface area contributed by atoms with Crippen LogP contribution < -0.4 is 14.9 Å². The fraction of sp³-hybridized carbons (Fsp3) is 0.318. The van der Waals surface area contributed by atoms with Gasteiger partial charge in [0.2, 0.25) is 17.5 Å². The van der Waals surface area contributed by atoms with Crippen LogP contribution in [0.2, 0.25) is 0 Å². The molecule has 176 valence electrons. The Hall–Kier alpha value is -3.35. The molecule has 33 heavy (non-hydrogen) atoms. The Morgan fingerprint density at radius 2 is 1.70 bits per heavy atom. The summed E-state index contributed by atoms with van der Waals surface area (Å²) < 4.78 is 21.9. The molecule has 6 N–H and O–H groups in total. The summed E-state index contributed by atoms with van der Waals surface area (Å²) >= 11 is 0. The molecule has 11 heteroatoms. The molecule has 1 aromatic heterocycles. The Morgan fingerprint density at radius 3 is 2.33 bits per heavy atom. The van der Waals surface area contributed by atoms with Crippen molar-refractivity contribution < 1.29 is 49.3 Å². The zero-order valence-electron chi connectivity index (χ0n) is 17.3. The topological polar surface area (TPSA) is 179 Å². The van der Waals surface area contributed by atoms with Crippen molar-refractivity contribution in [1.82, 2.24) is 0 Å². The predicted molar refractivity (Wildman–Crippen MR) is 112 cm³/mol. The second-order valence-electron chi connectivity index (χ2n) is 7.47. The summed E-state index contributed by atoms with van der Waals surface area (Å²) in [5, 5.41) is 59.5. The average Bonchev–Trinajstić information content (AvgIpc) is 2.80. The van der Waals surface area contributed by atoms with E-state index in [4.69, 9.17) is 18.6 Å². The third-order valence-corrected chi connectivity index (χ3v) is 5.35. The molecule has 11 nitrogen and oxygen atoms in total. The van der Waals surface area contributed by atoms with Crippen LogP contribution >= 0.6 is 0 Å². The lowest BCUT2D eigenvalue weighted by Crippen LogP contribution is -2.60. The van der Waals surface area contributed by atoms with E-state index >= 15 is 0 Å². The lowest BCUT2D eigenvalue weighted by atomic mass is 9.99. The van der Waals surface area contributed by atoms with E-state index in [1.54, 1.807) is 0 Å². The van der Waals surface area contributed by atoms with Crippen LogP contribution in [0.15, 0.2) is 45.6 Å². The molecule has 3 aromatic rings. The number of phenols is 2. The van der Waals surface area contributed by atoms with E-state index in [0.29, 0.717) is 5.56 Å². The zero-order chi connectivity index (χ0) is 23.9. The molecule has 0 amide bonds. The van der Waals surface area contributed by atoms with Gasteiger partial charge in [-0.3, -0.25) is 4.79 Å². The molecular weight excluding hydrogens is 440 g/mol. The number of methoxy groups -OCH3 is 1. The number of aliphatic hydroxyl groups is 4. The molecule has 5 unspecified atom stereocenters. The highest BCUT2D eigenvalue weighted by Gasteiger charge is 2.45. The van der Waals surface area contributed by atoms with Crippen molar-refractivity contribution in [2.24, 2.45) is 0 Å². The molecule has 1 saturated heterocycles. The third-order valence-electron chi connectivity index (χ3n) is 5.35. The Labute approximate surface area is 186 Å². The first kappa shape index (κ1) is 22.8. The van der Waals surface area contributed by atoms with Crippen molar-refractivity contribution in [3.63, 3.8) is 0 Å². The van der Waals surface area contributed by atoms with Gasteiger partial charge in [-0.2, -0.15) is 0 Å². The van der Waals surface area contributed by atoms with Crippen LogP contribution in [0.5, 0.6) is 23.0 Å². The molecule has 0 spiro atoms. The second-order valence-corrected chi connectivity index (χ2v) is 7.47. The van der Waals surface area contributed by atoms with Crippen LogP contribution in [-0.4, -0.2) is 75.1 Å². The van der Waals surface area contributed by atoms with Crippen molar-refractivity contribution in [3.8, 4) is 34.3 Å². The van der Waals surface area contributed by atoms with Crippen LogP contribution in [0.3, 0.4) is 0 Å². The molecular formula is C22H22O11. The molecule has 0 saturated carbocycles. The van der Waals surface area contributed by atoms with Gasteiger partial charge in [0.25, 0.3) is 0 Å². The molecule has 1 aliphatic heterocycles. The highest BCUT2D eigenvalue weighted by Crippen LogP contribution is 2.37. The van der Waals surface area contributed by atoms with E-state index < -0.39 is 54.2 Å². The third kappa shape index (κ3) is 4.08. The minimum Gasteiger partial charge on any atom is -0.508 e. The van der Waals surface area contributed by atoms with E-state index in [1.807, 2.05) is 0 Å². The van der Waals surface area contributed by atoms with Crippen molar-refractivity contribution in [1.29, 1.82) is 0 Å². The predicted octanol–water partition coefficient (Wildman–Crippen LogP) is 0.0585. The number of ether oxygens (including phenoxy) is 3. The monoisotopic (exact) mass is 462 g/mol. The van der Waals surface area contributed by atoms with Gasteiger partial charge in [0.1, 0.15) is 52.6 Å². The van der Waals surface area contributed by atoms with Crippen LogP contribution in [-0.2, 0) is 4.74 Å². The smallest absolute Gasteiger partial charge is 0.239 e. The summed E-state index contributed by atoms with van der Waals surface area (Å²) in [6.07, 6.45) is -8.07. The maximum atomic E-state index is 13.4. The second kappa shape index (κ2) is 8.89. The fourth-order valence-corrected chi connectivity index (χ4v) is 3.57. The highest BCUT2D eigenvalue weighted by atomic mass is 16.7. The quantitative estimate of drug-likeness (QED) is 0.302. The molecule has 2 heterocycles. The van der Waals surface area contributed by atoms with E-state index in [-0.39, 0.29) is 28.2 Å². The number of phenolic OH excluding ortho intramolecular Hbond substituents is 2. The SMILES string of the molecule is COc1cc(O)c2c(=O)c(OC3OC(CO)C(O)C(O)C3O)c(-c3ccc(O)cc3)oc2c1. The summed E-state index contributed by atoms with van der Waals surface area (Å²) in [6, 6.07) is 8.18. The van der Waals surface area contributed by atoms with Gasteiger partial charge in [-0.15, -0.1) is 0 Å².